The van der Waals surface area contributed by atoms with Crippen LogP contribution in [0.5, 0.6) is 0 Å². The molecule has 3 N–H and O–H groups in total. The van der Waals surface area contributed by atoms with Crippen molar-refractivity contribution < 1.29 is 4.42 Å². The summed E-state index contributed by atoms with van der Waals surface area (Å²) in [7, 11) is 0. The fraction of sp³-hybridized carbons (Fsp3) is 0.214. The van der Waals surface area contributed by atoms with Crippen molar-refractivity contribution >= 4 is 10.9 Å². The highest BCUT2D eigenvalue weighted by molar-refractivity contribution is 5.84. The van der Waals surface area contributed by atoms with E-state index in [4.69, 9.17) is 10.2 Å². The second-order valence-corrected chi connectivity index (χ2v) is 4.39. The van der Waals surface area contributed by atoms with Gasteiger partial charge in [0.25, 0.3) is 0 Å². The molecule has 4 heteroatoms. The molecule has 0 unspecified atom stereocenters. The van der Waals surface area contributed by atoms with E-state index in [1.807, 2.05) is 31.3 Å². The number of H-pyrrole nitrogens is 1. The summed E-state index contributed by atoms with van der Waals surface area (Å²) >= 11 is 0. The van der Waals surface area contributed by atoms with Crippen LogP contribution in [0.15, 0.2) is 41.1 Å². The molecule has 3 aromatic rings. The number of nitrogens with zero attached hydrogens (tertiary/aromatic N) is 1. The number of nitrogens with one attached hydrogen (secondary N) is 1. The molecule has 0 spiro atoms. The van der Waals surface area contributed by atoms with Crippen molar-refractivity contribution in [3.8, 4) is 0 Å². The highest BCUT2D eigenvalue weighted by atomic mass is 16.4. The van der Waals surface area contributed by atoms with Gasteiger partial charge < -0.3 is 15.1 Å². The summed E-state index contributed by atoms with van der Waals surface area (Å²) in [6.45, 7) is 2.36. The summed E-state index contributed by atoms with van der Waals surface area (Å²) < 4.78 is 5.60. The van der Waals surface area contributed by atoms with Crippen molar-refractivity contribution in [3.05, 3.63) is 53.9 Å². The number of aryl methyl sites for hydroxylation is 1. The zero-order valence-electron chi connectivity index (χ0n) is 10.2. The predicted molar refractivity (Wildman–Crippen MR) is 70.4 cm³/mol. The number of aromatic amines is 1. The first-order valence-corrected chi connectivity index (χ1v) is 5.98. The molecule has 2 heterocycles. The van der Waals surface area contributed by atoms with Crippen molar-refractivity contribution in [2.24, 2.45) is 5.73 Å². The maximum Gasteiger partial charge on any atom is 0.203 e. The van der Waals surface area contributed by atoms with E-state index < -0.39 is 0 Å². The van der Waals surface area contributed by atoms with E-state index in [0.29, 0.717) is 12.4 Å². The second-order valence-electron chi connectivity index (χ2n) is 4.39. The first-order valence-electron chi connectivity index (χ1n) is 5.98. The number of fused-ring (bicyclic) bond motifs is 1. The number of benzene rings is 1. The van der Waals surface area contributed by atoms with Crippen molar-refractivity contribution in [1.29, 1.82) is 0 Å². The van der Waals surface area contributed by atoms with Crippen LogP contribution in [0.2, 0.25) is 0 Å². The lowest BCUT2D eigenvalue weighted by Gasteiger charge is -2.09. The fourth-order valence-electron chi connectivity index (χ4n) is 2.28. The van der Waals surface area contributed by atoms with E-state index in [-0.39, 0.29) is 5.92 Å². The van der Waals surface area contributed by atoms with Crippen LogP contribution < -0.4 is 5.73 Å². The molecule has 1 atom stereocenters. The van der Waals surface area contributed by atoms with Gasteiger partial charge in [-0.05, 0) is 18.6 Å². The number of oxazole rings is 1. The van der Waals surface area contributed by atoms with Gasteiger partial charge in [0.05, 0.1) is 12.1 Å². The quantitative estimate of drug-likeness (QED) is 0.740. The lowest BCUT2D eigenvalue weighted by Crippen LogP contribution is -2.13. The molecule has 0 saturated carbocycles. The number of hydrogen-bond donors (Lipinski definition) is 2. The minimum absolute atomic E-state index is 0.00477. The first kappa shape index (κ1) is 11.0. The Labute approximate surface area is 105 Å². The summed E-state index contributed by atoms with van der Waals surface area (Å²) in [5, 5.41) is 1.17. The van der Waals surface area contributed by atoms with Gasteiger partial charge in [-0.2, -0.15) is 0 Å². The molecule has 0 aliphatic carbocycles. The van der Waals surface area contributed by atoms with E-state index in [9.17, 15) is 0 Å². The molecular weight excluding hydrogens is 226 g/mol. The smallest absolute Gasteiger partial charge is 0.203 e. The summed E-state index contributed by atoms with van der Waals surface area (Å²) in [5.41, 5.74) is 8.12. The molecule has 18 heavy (non-hydrogen) atoms. The van der Waals surface area contributed by atoms with E-state index in [2.05, 4.69) is 16.0 Å². The molecule has 0 fully saturated rings. The summed E-state index contributed by atoms with van der Waals surface area (Å²) in [6.07, 6.45) is 3.72. The van der Waals surface area contributed by atoms with Crippen LogP contribution in [0, 0.1) is 6.92 Å². The number of para-hydroxylation sites is 1. The van der Waals surface area contributed by atoms with Crippen molar-refractivity contribution in [1.82, 2.24) is 9.97 Å². The van der Waals surface area contributed by atoms with E-state index in [0.717, 1.165) is 16.8 Å². The minimum atomic E-state index is -0.00477. The zero-order valence-corrected chi connectivity index (χ0v) is 10.2. The van der Waals surface area contributed by atoms with Gasteiger partial charge in [0.1, 0.15) is 5.76 Å². The average molecular weight is 241 g/mol. The normalized spacial score (nSPS) is 13.0. The average Bonchev–Trinajstić information content (AvgIpc) is 2.98. The topological polar surface area (TPSA) is 67.8 Å². The van der Waals surface area contributed by atoms with Gasteiger partial charge in [-0.15, -0.1) is 0 Å². The highest BCUT2D eigenvalue weighted by Crippen LogP contribution is 2.29. The Kier molecular flexibility index (Phi) is 2.64. The van der Waals surface area contributed by atoms with Gasteiger partial charge in [-0.1, -0.05) is 18.2 Å². The Bertz CT molecular complexity index is 668. The van der Waals surface area contributed by atoms with Gasteiger partial charge in [-0.25, -0.2) is 4.98 Å². The second kappa shape index (κ2) is 4.31. The third kappa shape index (κ3) is 1.71. The number of hydrogen-bond acceptors (Lipinski definition) is 3. The SMILES string of the molecule is Cc1cnc([C@H](CN)c2c[nH]c3ccccc23)o1. The molecule has 0 aliphatic rings. The molecular formula is C14H15N3O. The monoisotopic (exact) mass is 241 g/mol. The molecule has 2 aromatic heterocycles. The Balaban J connectivity index is 2.11. The molecule has 1 aromatic carbocycles. The Morgan fingerprint density at radius 1 is 1.39 bits per heavy atom. The third-order valence-electron chi connectivity index (χ3n) is 3.17. The predicted octanol–water partition coefficient (Wildman–Crippen LogP) is 2.55. The number of rotatable bonds is 3. The largest absolute Gasteiger partial charge is 0.445 e. The van der Waals surface area contributed by atoms with Gasteiger partial charge in [-0.3, -0.25) is 0 Å². The molecule has 0 aliphatic heterocycles. The van der Waals surface area contributed by atoms with Gasteiger partial charge >= 0.3 is 0 Å². The molecule has 0 bridgehead atoms. The lowest BCUT2D eigenvalue weighted by molar-refractivity contribution is 0.452. The zero-order chi connectivity index (χ0) is 12.5. The van der Waals surface area contributed by atoms with E-state index in [1.165, 1.54) is 5.39 Å². The maximum atomic E-state index is 5.88. The highest BCUT2D eigenvalue weighted by Gasteiger charge is 2.20. The Morgan fingerprint density at radius 3 is 2.94 bits per heavy atom. The van der Waals surface area contributed by atoms with Crippen molar-refractivity contribution in [2.45, 2.75) is 12.8 Å². The van der Waals surface area contributed by atoms with Crippen LogP contribution in [0.25, 0.3) is 10.9 Å². The molecule has 3 rings (SSSR count). The molecule has 92 valence electrons. The van der Waals surface area contributed by atoms with Gasteiger partial charge in [0, 0.05) is 23.6 Å². The van der Waals surface area contributed by atoms with E-state index >= 15 is 0 Å². The molecule has 4 nitrogen and oxygen atoms in total. The van der Waals surface area contributed by atoms with E-state index in [1.54, 1.807) is 6.20 Å². The molecule has 0 amide bonds. The van der Waals surface area contributed by atoms with Crippen LogP contribution >= 0.6 is 0 Å². The first-order chi connectivity index (χ1) is 8.79. The summed E-state index contributed by atoms with van der Waals surface area (Å²) in [6, 6.07) is 8.16. The summed E-state index contributed by atoms with van der Waals surface area (Å²) in [4.78, 5) is 7.54. The standard InChI is InChI=1S/C14H15N3O/c1-9-7-17-14(18-9)11(6-15)12-8-16-13-5-3-2-4-10(12)13/h2-5,7-8,11,16H,6,15H2,1H3/t11-/m1/s1. The molecule has 0 radical (unpaired) electrons. The minimum Gasteiger partial charge on any atom is -0.445 e. The Morgan fingerprint density at radius 2 is 2.22 bits per heavy atom. The van der Waals surface area contributed by atoms with Crippen molar-refractivity contribution in [3.63, 3.8) is 0 Å². The Hall–Kier alpha value is -2.07. The number of aromatic nitrogens is 2. The third-order valence-corrected chi connectivity index (χ3v) is 3.17. The lowest BCUT2D eigenvalue weighted by atomic mass is 9.98. The van der Waals surface area contributed by atoms with Crippen LogP contribution in [-0.4, -0.2) is 16.5 Å². The van der Waals surface area contributed by atoms with Crippen molar-refractivity contribution in [2.75, 3.05) is 6.54 Å². The number of nitrogens with two attached hydrogens (primary N) is 1. The van der Waals surface area contributed by atoms with Crippen LogP contribution in [0.3, 0.4) is 0 Å². The van der Waals surface area contributed by atoms with Crippen LogP contribution in [0.1, 0.15) is 23.1 Å². The van der Waals surface area contributed by atoms with Crippen LogP contribution in [-0.2, 0) is 0 Å². The van der Waals surface area contributed by atoms with Gasteiger partial charge in [0.2, 0.25) is 5.89 Å². The maximum absolute atomic E-state index is 5.88. The fourth-order valence-corrected chi connectivity index (χ4v) is 2.28. The molecule has 0 saturated heterocycles. The van der Waals surface area contributed by atoms with Crippen LogP contribution in [0.4, 0.5) is 0 Å². The van der Waals surface area contributed by atoms with Gasteiger partial charge in [0.15, 0.2) is 0 Å². The summed E-state index contributed by atoms with van der Waals surface area (Å²) in [5.74, 6) is 1.48.